The number of benzene rings is 1. The normalized spacial score (nSPS) is 9.32. The second-order valence-electron chi connectivity index (χ2n) is 3.87. The molecule has 5 nitrogen and oxygen atoms in total. The average molecular weight is 260 g/mol. The number of hydrogen-bond acceptors (Lipinski definition) is 3. The van der Waals surface area contributed by atoms with E-state index in [0.717, 1.165) is 0 Å². The van der Waals surface area contributed by atoms with Crippen molar-refractivity contribution in [3.8, 4) is 11.8 Å². The van der Waals surface area contributed by atoms with E-state index in [4.69, 9.17) is 10.8 Å². The summed E-state index contributed by atoms with van der Waals surface area (Å²) >= 11 is 0. The summed E-state index contributed by atoms with van der Waals surface area (Å²) in [7, 11) is 0. The van der Waals surface area contributed by atoms with Crippen LogP contribution < -0.4 is 11.1 Å². The van der Waals surface area contributed by atoms with Crippen molar-refractivity contribution in [3.05, 3.63) is 35.4 Å². The second-order valence-corrected chi connectivity index (χ2v) is 3.87. The van der Waals surface area contributed by atoms with Gasteiger partial charge < -0.3 is 16.2 Å². The zero-order valence-electron chi connectivity index (χ0n) is 10.5. The zero-order valence-corrected chi connectivity index (χ0v) is 10.5. The first-order valence-electron chi connectivity index (χ1n) is 5.90. The predicted molar refractivity (Wildman–Crippen MR) is 71.2 cm³/mol. The van der Waals surface area contributed by atoms with E-state index in [0.29, 0.717) is 24.1 Å². The molecule has 0 aliphatic carbocycles. The van der Waals surface area contributed by atoms with Gasteiger partial charge in [0.25, 0.3) is 5.91 Å². The molecule has 0 aliphatic rings. The van der Waals surface area contributed by atoms with Crippen molar-refractivity contribution in [2.75, 3.05) is 13.2 Å². The lowest BCUT2D eigenvalue weighted by atomic mass is 10.1. The number of nitrogens with one attached hydrogen (secondary N) is 1. The molecule has 1 aromatic rings. The number of amides is 2. The maximum atomic E-state index is 11.8. The average Bonchev–Trinajstić information content (AvgIpc) is 2.41. The Kier molecular flexibility index (Phi) is 6.13. The molecule has 2 amide bonds. The van der Waals surface area contributed by atoms with Gasteiger partial charge in [0.15, 0.2) is 0 Å². The summed E-state index contributed by atoms with van der Waals surface area (Å²) in [4.78, 5) is 22.3. The molecule has 0 saturated carbocycles. The Bertz CT molecular complexity index is 515. The first kappa shape index (κ1) is 14.7. The van der Waals surface area contributed by atoms with Crippen molar-refractivity contribution in [3.63, 3.8) is 0 Å². The molecule has 1 aromatic carbocycles. The monoisotopic (exact) mass is 260 g/mol. The van der Waals surface area contributed by atoms with Crippen LogP contribution in [0, 0.1) is 11.8 Å². The number of aliphatic hydroxyl groups excluding tert-OH is 1. The minimum Gasteiger partial charge on any atom is -0.384 e. The van der Waals surface area contributed by atoms with Gasteiger partial charge >= 0.3 is 0 Å². The highest BCUT2D eigenvalue weighted by Gasteiger charge is 2.05. The first-order valence-corrected chi connectivity index (χ1v) is 5.90. The molecule has 4 N–H and O–H groups in total. The smallest absolute Gasteiger partial charge is 0.251 e. The lowest BCUT2D eigenvalue weighted by Crippen LogP contribution is -2.25. The van der Waals surface area contributed by atoms with Crippen molar-refractivity contribution in [1.29, 1.82) is 0 Å². The van der Waals surface area contributed by atoms with Gasteiger partial charge in [-0.25, -0.2) is 0 Å². The Balaban J connectivity index is 2.54. The summed E-state index contributed by atoms with van der Waals surface area (Å²) in [6, 6.07) is 6.80. The highest BCUT2D eigenvalue weighted by atomic mass is 16.2. The van der Waals surface area contributed by atoms with E-state index in [9.17, 15) is 9.59 Å². The van der Waals surface area contributed by atoms with E-state index < -0.39 is 0 Å². The van der Waals surface area contributed by atoms with Crippen LogP contribution in [0.5, 0.6) is 0 Å². The molecular formula is C14H16N2O3. The number of nitrogens with two attached hydrogens (primary N) is 1. The number of hydrogen-bond donors (Lipinski definition) is 3. The maximum absolute atomic E-state index is 11.8. The Hall–Kier alpha value is -2.32. The van der Waals surface area contributed by atoms with E-state index in [-0.39, 0.29) is 24.8 Å². The fourth-order valence-electron chi connectivity index (χ4n) is 1.45. The summed E-state index contributed by atoms with van der Waals surface area (Å²) in [6.07, 6.45) is 0.771. The van der Waals surface area contributed by atoms with Gasteiger partial charge in [0.05, 0.1) is 0 Å². The minimum absolute atomic E-state index is 0.219. The van der Waals surface area contributed by atoms with Crippen LogP contribution >= 0.6 is 0 Å². The van der Waals surface area contributed by atoms with Crippen molar-refractivity contribution in [2.45, 2.75) is 12.8 Å². The van der Waals surface area contributed by atoms with Crippen LogP contribution in [-0.2, 0) is 4.79 Å². The van der Waals surface area contributed by atoms with Crippen LogP contribution in [0.2, 0.25) is 0 Å². The second kappa shape index (κ2) is 7.90. The molecule has 1 rings (SSSR count). The van der Waals surface area contributed by atoms with Gasteiger partial charge in [-0.2, -0.15) is 0 Å². The fourth-order valence-corrected chi connectivity index (χ4v) is 1.45. The largest absolute Gasteiger partial charge is 0.384 e. The molecule has 0 unspecified atom stereocenters. The number of aliphatic hydroxyl groups is 1. The zero-order chi connectivity index (χ0) is 14.1. The van der Waals surface area contributed by atoms with Crippen molar-refractivity contribution >= 4 is 11.8 Å². The Morgan fingerprint density at radius 3 is 2.84 bits per heavy atom. The molecule has 19 heavy (non-hydrogen) atoms. The topological polar surface area (TPSA) is 92.4 Å². The van der Waals surface area contributed by atoms with E-state index in [2.05, 4.69) is 17.2 Å². The molecule has 0 bridgehead atoms. The standard InChI is InChI=1S/C14H16N2O3/c15-13(18)7-2-8-16-14(19)12-6-1-4-11(10-12)5-3-9-17/h1,4,6,10,17H,2,7-9H2,(H2,15,18)(H,16,19). The number of rotatable bonds is 5. The lowest BCUT2D eigenvalue weighted by molar-refractivity contribution is -0.118. The van der Waals surface area contributed by atoms with E-state index in [1.165, 1.54) is 0 Å². The lowest BCUT2D eigenvalue weighted by Gasteiger charge is -2.04. The predicted octanol–water partition coefficient (Wildman–Crippen LogP) is 0.0257. The van der Waals surface area contributed by atoms with E-state index >= 15 is 0 Å². The summed E-state index contributed by atoms with van der Waals surface area (Å²) in [5.74, 6) is 4.64. The number of carbonyl (C=O) groups excluding carboxylic acids is 2. The van der Waals surface area contributed by atoms with Gasteiger partial charge in [-0.05, 0) is 24.6 Å². The highest BCUT2D eigenvalue weighted by Crippen LogP contribution is 2.04. The summed E-state index contributed by atoms with van der Waals surface area (Å²) in [6.45, 7) is 0.178. The Labute approximate surface area is 111 Å². The van der Waals surface area contributed by atoms with Gasteiger partial charge in [-0.1, -0.05) is 17.9 Å². The van der Waals surface area contributed by atoms with Crippen LogP contribution in [-0.4, -0.2) is 30.1 Å². The molecule has 5 heteroatoms. The molecular weight excluding hydrogens is 244 g/mol. The van der Waals surface area contributed by atoms with Crippen LogP contribution in [0.3, 0.4) is 0 Å². The third-order valence-electron chi connectivity index (χ3n) is 2.32. The number of primary amides is 1. The summed E-state index contributed by atoms with van der Waals surface area (Å²) in [5, 5.41) is 11.3. The van der Waals surface area contributed by atoms with Crippen molar-refractivity contribution in [2.24, 2.45) is 5.73 Å². The van der Waals surface area contributed by atoms with Crippen LogP contribution in [0.15, 0.2) is 24.3 Å². The van der Waals surface area contributed by atoms with Crippen molar-refractivity contribution in [1.82, 2.24) is 5.32 Å². The maximum Gasteiger partial charge on any atom is 0.251 e. The molecule has 100 valence electrons. The summed E-state index contributed by atoms with van der Waals surface area (Å²) in [5.41, 5.74) is 6.15. The Morgan fingerprint density at radius 2 is 2.16 bits per heavy atom. The van der Waals surface area contributed by atoms with E-state index in [1.807, 2.05) is 0 Å². The van der Waals surface area contributed by atoms with E-state index in [1.54, 1.807) is 24.3 Å². The van der Waals surface area contributed by atoms with Gasteiger partial charge in [-0.3, -0.25) is 9.59 Å². The van der Waals surface area contributed by atoms with Gasteiger partial charge in [0.1, 0.15) is 6.61 Å². The molecule has 0 atom stereocenters. The molecule has 0 radical (unpaired) electrons. The van der Waals surface area contributed by atoms with Gasteiger partial charge in [0.2, 0.25) is 5.91 Å². The number of carbonyl (C=O) groups is 2. The summed E-state index contributed by atoms with van der Waals surface area (Å²) < 4.78 is 0. The van der Waals surface area contributed by atoms with Gasteiger partial charge in [0, 0.05) is 24.1 Å². The SMILES string of the molecule is NC(=O)CCCNC(=O)c1cccc(C#CCO)c1. The minimum atomic E-state index is -0.379. The first-order chi connectivity index (χ1) is 9.13. The molecule has 0 aromatic heterocycles. The van der Waals surface area contributed by atoms with Crippen LogP contribution in [0.1, 0.15) is 28.8 Å². The van der Waals surface area contributed by atoms with Gasteiger partial charge in [-0.15, -0.1) is 0 Å². The molecule has 0 saturated heterocycles. The molecule has 0 aliphatic heterocycles. The quantitative estimate of drug-likeness (QED) is 0.515. The molecule has 0 heterocycles. The molecule has 0 fully saturated rings. The highest BCUT2D eigenvalue weighted by molar-refractivity contribution is 5.94. The van der Waals surface area contributed by atoms with Crippen LogP contribution in [0.25, 0.3) is 0 Å². The third-order valence-corrected chi connectivity index (χ3v) is 2.32. The fraction of sp³-hybridized carbons (Fsp3) is 0.286. The third kappa shape index (κ3) is 5.70. The van der Waals surface area contributed by atoms with Crippen LogP contribution in [0.4, 0.5) is 0 Å². The Morgan fingerprint density at radius 1 is 1.37 bits per heavy atom. The molecule has 0 spiro atoms. The van der Waals surface area contributed by atoms with Crippen molar-refractivity contribution < 1.29 is 14.7 Å².